The predicted octanol–water partition coefficient (Wildman–Crippen LogP) is 3.74. The number of benzene rings is 2. The smallest absolute Gasteiger partial charge is 0.250 e. The monoisotopic (exact) mass is 416 g/mol. The summed E-state index contributed by atoms with van der Waals surface area (Å²) >= 11 is 1.69. The van der Waals surface area contributed by atoms with Gasteiger partial charge in [-0.25, -0.2) is 5.43 Å². The lowest BCUT2D eigenvalue weighted by molar-refractivity contribution is -0.118. The van der Waals surface area contributed by atoms with Crippen LogP contribution in [0.15, 0.2) is 90.2 Å². The zero-order valence-electron chi connectivity index (χ0n) is 16.6. The van der Waals surface area contributed by atoms with E-state index in [2.05, 4.69) is 81.1 Å². The van der Waals surface area contributed by atoms with Gasteiger partial charge in [0.1, 0.15) is 0 Å². The van der Waals surface area contributed by atoms with Crippen molar-refractivity contribution in [2.75, 3.05) is 18.8 Å². The van der Waals surface area contributed by atoms with E-state index in [9.17, 15) is 4.79 Å². The van der Waals surface area contributed by atoms with E-state index in [-0.39, 0.29) is 11.9 Å². The van der Waals surface area contributed by atoms with E-state index < -0.39 is 0 Å². The fraction of sp³-hybridized carbons (Fsp3) is 0.208. The Bertz CT molecular complexity index is 921. The van der Waals surface area contributed by atoms with Gasteiger partial charge in [-0.1, -0.05) is 66.7 Å². The number of hydrazone groups is 1. The summed E-state index contributed by atoms with van der Waals surface area (Å²) in [5.74, 6) is 0.313. The number of pyridine rings is 1. The van der Waals surface area contributed by atoms with Crippen molar-refractivity contribution in [3.8, 4) is 0 Å². The van der Waals surface area contributed by atoms with Crippen LogP contribution < -0.4 is 5.43 Å². The van der Waals surface area contributed by atoms with Crippen LogP contribution in [-0.2, 0) is 4.79 Å². The highest BCUT2D eigenvalue weighted by Crippen LogP contribution is 2.35. The molecule has 1 aliphatic heterocycles. The quantitative estimate of drug-likeness (QED) is 0.449. The van der Waals surface area contributed by atoms with Crippen LogP contribution in [0.4, 0.5) is 0 Å². The summed E-state index contributed by atoms with van der Waals surface area (Å²) in [5.41, 5.74) is 5.89. The van der Waals surface area contributed by atoms with E-state index in [4.69, 9.17) is 0 Å². The molecule has 0 atom stereocenters. The number of carbonyl (C=O) groups is 1. The third kappa shape index (κ3) is 5.34. The number of aromatic nitrogens is 1. The highest BCUT2D eigenvalue weighted by Gasteiger charge is 2.34. The molecule has 0 spiro atoms. The first-order chi connectivity index (χ1) is 14.8. The van der Waals surface area contributed by atoms with Crippen LogP contribution in [0.3, 0.4) is 0 Å². The first kappa shape index (κ1) is 20.3. The largest absolute Gasteiger partial charge is 0.290 e. The topological polar surface area (TPSA) is 57.6 Å². The van der Waals surface area contributed by atoms with E-state index in [0.717, 1.165) is 13.1 Å². The van der Waals surface area contributed by atoms with Crippen LogP contribution in [0.1, 0.15) is 22.9 Å². The van der Waals surface area contributed by atoms with Crippen molar-refractivity contribution < 1.29 is 4.79 Å². The first-order valence-electron chi connectivity index (χ1n) is 9.98. The third-order valence-corrected chi connectivity index (χ3v) is 6.19. The van der Waals surface area contributed by atoms with Gasteiger partial charge in [-0.2, -0.15) is 5.10 Å². The van der Waals surface area contributed by atoms with E-state index in [1.807, 2.05) is 18.2 Å². The molecular weight excluding hydrogens is 392 g/mol. The van der Waals surface area contributed by atoms with Gasteiger partial charge < -0.3 is 0 Å². The number of thioether (sulfide) groups is 1. The fourth-order valence-corrected chi connectivity index (χ4v) is 4.56. The minimum atomic E-state index is -0.0895. The number of likely N-dealkylation sites (tertiary alicyclic amines) is 1. The van der Waals surface area contributed by atoms with Crippen molar-refractivity contribution in [2.45, 2.75) is 11.3 Å². The Morgan fingerprint density at radius 3 is 2.27 bits per heavy atom. The number of rotatable bonds is 8. The number of nitrogens with zero attached hydrogens (tertiary/aromatic N) is 3. The molecule has 4 rings (SSSR count). The van der Waals surface area contributed by atoms with Gasteiger partial charge in [-0.15, -0.1) is 11.8 Å². The fourth-order valence-electron chi connectivity index (χ4n) is 3.52. The lowest BCUT2D eigenvalue weighted by atomic mass is 9.94. The van der Waals surface area contributed by atoms with Gasteiger partial charge in [0.05, 0.1) is 23.7 Å². The van der Waals surface area contributed by atoms with Crippen molar-refractivity contribution in [2.24, 2.45) is 5.10 Å². The second kappa shape index (κ2) is 10.2. The SMILES string of the molecule is O=C(CSC1CN(C(c2ccccc2)c2ccccc2)C1)N/N=C/c1ccccn1. The predicted molar refractivity (Wildman–Crippen MR) is 123 cm³/mol. The Morgan fingerprint density at radius 1 is 1.03 bits per heavy atom. The van der Waals surface area contributed by atoms with Crippen molar-refractivity contribution in [3.63, 3.8) is 0 Å². The molecule has 30 heavy (non-hydrogen) atoms. The molecular formula is C24H24N4OS. The molecule has 152 valence electrons. The van der Waals surface area contributed by atoms with Crippen LogP contribution in [0.2, 0.25) is 0 Å². The average Bonchev–Trinajstić information content (AvgIpc) is 2.77. The molecule has 6 heteroatoms. The van der Waals surface area contributed by atoms with Crippen LogP contribution >= 0.6 is 11.8 Å². The summed E-state index contributed by atoms with van der Waals surface area (Å²) < 4.78 is 0. The molecule has 0 bridgehead atoms. The maximum atomic E-state index is 12.1. The Labute approximate surface area is 181 Å². The van der Waals surface area contributed by atoms with E-state index >= 15 is 0 Å². The Kier molecular flexibility index (Phi) is 6.90. The molecule has 1 fully saturated rings. The normalized spacial score (nSPS) is 14.7. The number of hydrogen-bond donors (Lipinski definition) is 1. The molecule has 0 radical (unpaired) electrons. The van der Waals surface area contributed by atoms with Crippen LogP contribution in [0.25, 0.3) is 0 Å². The maximum absolute atomic E-state index is 12.1. The Hall–Kier alpha value is -2.96. The van der Waals surface area contributed by atoms with Crippen molar-refractivity contribution in [3.05, 3.63) is 102 Å². The zero-order chi connectivity index (χ0) is 20.6. The van der Waals surface area contributed by atoms with Gasteiger partial charge in [0.25, 0.3) is 0 Å². The number of nitrogens with one attached hydrogen (secondary N) is 1. The number of hydrogen-bond acceptors (Lipinski definition) is 5. The van der Waals surface area contributed by atoms with Crippen LogP contribution in [-0.4, -0.2) is 46.1 Å². The summed E-state index contributed by atoms with van der Waals surface area (Å²) in [6.45, 7) is 1.92. The van der Waals surface area contributed by atoms with Crippen molar-refractivity contribution in [1.82, 2.24) is 15.3 Å². The van der Waals surface area contributed by atoms with Gasteiger partial charge in [-0.05, 0) is 23.3 Å². The molecule has 5 nitrogen and oxygen atoms in total. The van der Waals surface area contributed by atoms with Crippen LogP contribution in [0.5, 0.6) is 0 Å². The molecule has 1 aliphatic rings. The van der Waals surface area contributed by atoms with Gasteiger partial charge in [0, 0.05) is 24.5 Å². The molecule has 2 aromatic carbocycles. The van der Waals surface area contributed by atoms with Crippen molar-refractivity contribution in [1.29, 1.82) is 0 Å². The second-order valence-corrected chi connectivity index (χ2v) is 8.45. The molecule has 1 aromatic heterocycles. The van der Waals surface area contributed by atoms with E-state index in [1.54, 1.807) is 24.2 Å². The molecule has 0 saturated carbocycles. The minimum absolute atomic E-state index is 0.0895. The first-order valence-corrected chi connectivity index (χ1v) is 11.0. The lowest BCUT2D eigenvalue weighted by Gasteiger charge is -2.44. The van der Waals surface area contributed by atoms with Gasteiger partial charge >= 0.3 is 0 Å². The van der Waals surface area contributed by atoms with Crippen LogP contribution in [0, 0.1) is 0 Å². The lowest BCUT2D eigenvalue weighted by Crippen LogP contribution is -2.51. The average molecular weight is 417 g/mol. The van der Waals surface area contributed by atoms with E-state index in [1.165, 1.54) is 11.1 Å². The molecule has 1 N–H and O–H groups in total. The Morgan fingerprint density at radius 2 is 1.67 bits per heavy atom. The summed E-state index contributed by atoms with van der Waals surface area (Å²) in [4.78, 5) is 18.7. The standard InChI is InChI=1S/C24H24N4OS/c29-23(27-26-15-21-13-7-8-14-25-21)18-30-22-16-28(17-22)24(19-9-3-1-4-10-19)20-11-5-2-6-12-20/h1-15,22,24H,16-18H2,(H,27,29)/b26-15+. The van der Waals surface area contributed by atoms with Crippen molar-refractivity contribution >= 4 is 23.9 Å². The molecule has 3 aromatic rings. The summed E-state index contributed by atoms with van der Waals surface area (Å²) in [6.07, 6.45) is 3.25. The summed E-state index contributed by atoms with van der Waals surface area (Å²) in [7, 11) is 0. The maximum Gasteiger partial charge on any atom is 0.250 e. The molecule has 1 saturated heterocycles. The van der Waals surface area contributed by atoms with Gasteiger partial charge in [0.15, 0.2) is 0 Å². The number of carbonyl (C=O) groups excluding carboxylic acids is 1. The third-order valence-electron chi connectivity index (χ3n) is 5.00. The molecule has 1 amide bonds. The van der Waals surface area contributed by atoms with E-state index in [0.29, 0.717) is 16.7 Å². The summed E-state index contributed by atoms with van der Waals surface area (Å²) in [6, 6.07) is 27.0. The second-order valence-electron chi connectivity index (χ2n) is 7.16. The molecule has 2 heterocycles. The molecule has 0 aliphatic carbocycles. The van der Waals surface area contributed by atoms with Gasteiger partial charge in [0.2, 0.25) is 5.91 Å². The summed E-state index contributed by atoms with van der Waals surface area (Å²) in [5, 5.41) is 4.42. The van der Waals surface area contributed by atoms with Gasteiger partial charge in [-0.3, -0.25) is 14.7 Å². The highest BCUT2D eigenvalue weighted by atomic mass is 32.2. The molecule has 0 unspecified atom stereocenters. The highest BCUT2D eigenvalue weighted by molar-refractivity contribution is 8.00. The zero-order valence-corrected chi connectivity index (χ0v) is 17.4. The Balaban J connectivity index is 1.27. The number of amides is 1. The minimum Gasteiger partial charge on any atom is -0.290 e.